The van der Waals surface area contributed by atoms with E-state index in [0.717, 1.165) is 16.5 Å². The fraction of sp³-hybridized carbons (Fsp3) is 0.424. The molecule has 1 saturated heterocycles. The predicted octanol–water partition coefficient (Wildman–Crippen LogP) is 9.97. The Labute approximate surface area is 278 Å². The summed E-state index contributed by atoms with van der Waals surface area (Å²) < 4.78 is 129. The smallest absolute Gasteiger partial charge is 0.433 e. The average molecular weight is 721 g/mol. The van der Waals surface area contributed by atoms with Crippen LogP contribution in [-0.4, -0.2) is 39.4 Å². The molecule has 0 spiro atoms. The molecule has 0 radical (unpaired) electrons. The van der Waals surface area contributed by atoms with Crippen molar-refractivity contribution in [3.63, 3.8) is 0 Å². The van der Waals surface area contributed by atoms with Crippen LogP contribution >= 0.6 is 11.8 Å². The molecule has 1 amide bonds. The topological polar surface area (TPSA) is 79.7 Å². The number of aromatic nitrogens is 1. The van der Waals surface area contributed by atoms with Crippen LogP contribution in [0.3, 0.4) is 0 Å². The summed E-state index contributed by atoms with van der Waals surface area (Å²) in [6, 6.07) is 7.05. The lowest BCUT2D eigenvalue weighted by molar-refractivity contribution is -0.144. The Kier molecular flexibility index (Phi) is 9.94. The minimum Gasteiger partial charge on any atom is -0.496 e. The zero-order chi connectivity index (χ0) is 36.1. The fourth-order valence-corrected chi connectivity index (χ4v) is 7.55. The molecule has 2 fully saturated rings. The highest BCUT2D eigenvalue weighted by Crippen LogP contribution is 2.48. The maximum absolute atomic E-state index is 13.9. The number of aliphatic carboxylic acids is 1. The van der Waals surface area contributed by atoms with E-state index in [1.54, 1.807) is 18.2 Å². The summed E-state index contributed by atoms with van der Waals surface area (Å²) in [6.45, 7) is 0.836. The number of carbonyl (C=O) groups excluding carboxylic acids is 1. The van der Waals surface area contributed by atoms with Crippen LogP contribution in [0.25, 0.3) is 11.1 Å². The van der Waals surface area contributed by atoms with Gasteiger partial charge in [-0.2, -0.15) is 39.5 Å². The molecule has 1 aliphatic carbocycles. The van der Waals surface area contributed by atoms with Gasteiger partial charge in [-0.15, -0.1) is 0 Å². The molecule has 16 heteroatoms. The number of hydrogen-bond acceptors (Lipinski definition) is 5. The number of ether oxygens (including phenoxy) is 1. The van der Waals surface area contributed by atoms with Crippen molar-refractivity contribution < 1.29 is 58.9 Å². The summed E-state index contributed by atoms with van der Waals surface area (Å²) in [4.78, 5) is 29.6. The second kappa shape index (κ2) is 13.4. The molecule has 1 saturated carbocycles. The fourth-order valence-electron chi connectivity index (χ4n) is 6.35. The Morgan fingerprint density at radius 2 is 1.47 bits per heavy atom. The Morgan fingerprint density at radius 1 is 0.857 bits per heavy atom. The van der Waals surface area contributed by atoms with Gasteiger partial charge >= 0.3 is 24.5 Å². The van der Waals surface area contributed by atoms with Gasteiger partial charge in [0.05, 0.1) is 41.6 Å². The molecular formula is C33H29F9N2O4S. The largest absolute Gasteiger partial charge is 0.496 e. The molecule has 2 aromatic carbocycles. The maximum Gasteiger partial charge on any atom is 0.433 e. The first-order valence-electron chi connectivity index (χ1n) is 15.0. The van der Waals surface area contributed by atoms with E-state index >= 15 is 0 Å². The van der Waals surface area contributed by atoms with Crippen molar-refractivity contribution in [1.82, 2.24) is 9.88 Å². The van der Waals surface area contributed by atoms with Crippen molar-refractivity contribution in [2.75, 3.05) is 7.11 Å². The van der Waals surface area contributed by atoms with E-state index in [1.165, 1.54) is 20.1 Å². The zero-order valence-electron chi connectivity index (χ0n) is 25.8. The first-order chi connectivity index (χ1) is 22.8. The van der Waals surface area contributed by atoms with E-state index in [2.05, 4.69) is 4.98 Å². The highest BCUT2D eigenvalue weighted by atomic mass is 32.2. The minimum atomic E-state index is -5.12. The monoisotopic (exact) mass is 720 g/mol. The molecule has 264 valence electrons. The minimum absolute atomic E-state index is 0.0223. The van der Waals surface area contributed by atoms with E-state index in [-0.39, 0.29) is 29.0 Å². The van der Waals surface area contributed by atoms with E-state index in [9.17, 15) is 54.2 Å². The maximum atomic E-state index is 13.9. The highest BCUT2D eigenvalue weighted by molar-refractivity contribution is 8.14. The number of amides is 1. The Hall–Kier alpha value is -3.95. The molecule has 2 atom stereocenters. The normalized spacial score (nSPS) is 22.0. The number of rotatable bonds is 7. The number of halogens is 9. The van der Waals surface area contributed by atoms with Gasteiger partial charge in [0.25, 0.3) is 5.24 Å². The Balaban J connectivity index is 1.53. The van der Waals surface area contributed by atoms with Crippen molar-refractivity contribution in [3.8, 4) is 16.9 Å². The van der Waals surface area contributed by atoms with E-state index in [4.69, 9.17) is 4.74 Å². The molecule has 49 heavy (non-hydrogen) atoms. The highest BCUT2D eigenvalue weighted by Gasteiger charge is 2.43. The average Bonchev–Trinajstić information content (AvgIpc) is 3.31. The summed E-state index contributed by atoms with van der Waals surface area (Å²) in [5, 5.41) is 7.38. The molecule has 2 aliphatic rings. The van der Waals surface area contributed by atoms with Crippen LogP contribution < -0.4 is 4.74 Å². The molecule has 5 rings (SSSR count). The number of alkyl halides is 9. The summed E-state index contributed by atoms with van der Waals surface area (Å²) in [5.74, 6) is -1.13. The van der Waals surface area contributed by atoms with Crippen molar-refractivity contribution in [2.45, 2.75) is 74.9 Å². The van der Waals surface area contributed by atoms with Gasteiger partial charge in [-0.05, 0) is 86.1 Å². The first kappa shape index (κ1) is 36.3. The summed E-state index contributed by atoms with van der Waals surface area (Å²) in [5.41, 5.74) is -3.73. The number of carboxylic acid groups (broad SMARTS) is 1. The van der Waals surface area contributed by atoms with Gasteiger partial charge in [-0.1, -0.05) is 23.9 Å². The van der Waals surface area contributed by atoms with Gasteiger partial charge < -0.3 is 14.7 Å². The number of pyridine rings is 1. The third-order valence-electron chi connectivity index (χ3n) is 8.98. The van der Waals surface area contributed by atoms with Gasteiger partial charge in [0.2, 0.25) is 0 Å². The molecule has 0 unspecified atom stereocenters. The van der Waals surface area contributed by atoms with Crippen molar-refractivity contribution >= 4 is 23.0 Å². The second-order valence-electron chi connectivity index (χ2n) is 12.0. The van der Waals surface area contributed by atoms with Gasteiger partial charge in [-0.25, -0.2) is 4.98 Å². The van der Waals surface area contributed by atoms with E-state index < -0.39 is 75.9 Å². The van der Waals surface area contributed by atoms with Crippen LogP contribution in [0.15, 0.2) is 48.5 Å². The number of methoxy groups -OCH3 is 1. The number of carboxylic acids is 1. The van der Waals surface area contributed by atoms with Crippen molar-refractivity contribution in [3.05, 3.63) is 82.2 Å². The molecule has 1 aliphatic heterocycles. The standard InChI is InChI=1S/C33H29F9N2O4S/c1-16-28(20-11-21(31(34,35)36)14-22(12-20)32(37,38)39)49-30(47)44(16)15-25-23(8-10-27(43-25)33(40,41)42)24-13-19(7-9-26(24)48-2)17-3-5-18(6-4-17)29(45)46/h7-14,16-18,28H,3-6,15H2,1-2H3,(H,45,46)/t16-,17-,18-,28-/m0/s1. The molecule has 0 bridgehead atoms. The number of nitrogens with zero attached hydrogens (tertiary/aromatic N) is 2. The van der Waals surface area contributed by atoms with Crippen molar-refractivity contribution in [2.24, 2.45) is 5.92 Å². The third-order valence-corrected chi connectivity index (χ3v) is 10.3. The van der Waals surface area contributed by atoms with Crippen LogP contribution in [0.1, 0.15) is 77.4 Å². The van der Waals surface area contributed by atoms with Gasteiger partial charge in [0, 0.05) is 17.2 Å². The van der Waals surface area contributed by atoms with Crippen molar-refractivity contribution in [1.29, 1.82) is 0 Å². The van der Waals surface area contributed by atoms with Crippen LogP contribution in [0.4, 0.5) is 44.3 Å². The molecule has 1 aromatic heterocycles. The lowest BCUT2D eigenvalue weighted by atomic mass is 9.78. The van der Waals surface area contributed by atoms with Gasteiger partial charge in [0.15, 0.2) is 0 Å². The number of hydrogen-bond donors (Lipinski definition) is 1. The van der Waals surface area contributed by atoms with Gasteiger partial charge in [-0.3, -0.25) is 9.59 Å². The predicted molar refractivity (Wildman–Crippen MR) is 161 cm³/mol. The molecular weight excluding hydrogens is 691 g/mol. The lowest BCUT2D eigenvalue weighted by Crippen LogP contribution is -2.32. The molecule has 3 aromatic rings. The van der Waals surface area contributed by atoms with Crippen LogP contribution in [0.2, 0.25) is 0 Å². The Bertz CT molecular complexity index is 1700. The van der Waals surface area contributed by atoms with Crippen LogP contribution in [-0.2, 0) is 29.9 Å². The van der Waals surface area contributed by atoms with Gasteiger partial charge in [0.1, 0.15) is 11.4 Å². The number of benzene rings is 2. The van der Waals surface area contributed by atoms with E-state index in [1.807, 2.05) is 0 Å². The van der Waals surface area contributed by atoms with Crippen LogP contribution in [0.5, 0.6) is 5.75 Å². The lowest BCUT2D eigenvalue weighted by Gasteiger charge is -2.28. The molecule has 1 N–H and O–H groups in total. The SMILES string of the molecule is COc1ccc([C@H]2CC[C@H](C(=O)O)CC2)cc1-c1ccc(C(F)(F)F)nc1CN1C(=O)S[C@H](c2cc(C(F)(F)F)cc(C(F)(F)F)c2)[C@@H]1C. The second-order valence-corrected chi connectivity index (χ2v) is 13.1. The first-order valence-corrected chi connectivity index (χ1v) is 15.9. The van der Waals surface area contributed by atoms with Crippen LogP contribution in [0, 0.1) is 5.92 Å². The summed E-state index contributed by atoms with van der Waals surface area (Å²) in [7, 11) is 1.35. The molecule has 2 heterocycles. The summed E-state index contributed by atoms with van der Waals surface area (Å²) in [6.07, 6.45) is -13.1. The Morgan fingerprint density at radius 3 is 2.00 bits per heavy atom. The zero-order valence-corrected chi connectivity index (χ0v) is 26.7. The van der Waals surface area contributed by atoms with E-state index in [0.29, 0.717) is 55.1 Å². The summed E-state index contributed by atoms with van der Waals surface area (Å²) >= 11 is 0.471. The third kappa shape index (κ3) is 7.78. The number of carbonyl (C=O) groups is 2. The number of thioether (sulfide) groups is 1. The molecule has 6 nitrogen and oxygen atoms in total. The quantitative estimate of drug-likeness (QED) is 0.245.